The van der Waals surface area contributed by atoms with E-state index in [2.05, 4.69) is 17.4 Å². The normalized spacial score (nSPS) is 21.7. The molecule has 29 heavy (non-hydrogen) atoms. The van der Waals surface area contributed by atoms with Gasteiger partial charge in [0.25, 0.3) is 5.24 Å². The molecule has 2 unspecified atom stereocenters. The summed E-state index contributed by atoms with van der Waals surface area (Å²) in [5, 5.41) is 2.95. The Morgan fingerprint density at radius 2 is 1.76 bits per heavy atom. The summed E-state index contributed by atoms with van der Waals surface area (Å²) in [6.07, 6.45) is 1.59. The molecule has 2 aromatic carbocycles. The minimum atomic E-state index is -0.341. The van der Waals surface area contributed by atoms with Crippen LogP contribution in [0.4, 0.5) is 4.79 Å². The number of carbonyl (C=O) groups excluding carboxylic acids is 2. The van der Waals surface area contributed by atoms with E-state index in [4.69, 9.17) is 4.74 Å². The molecule has 0 aromatic heterocycles. The van der Waals surface area contributed by atoms with Crippen LogP contribution in [0.5, 0.6) is 5.75 Å². The second kappa shape index (κ2) is 9.69. The first-order valence-electron chi connectivity index (χ1n) is 9.78. The molecule has 1 N–H and O–H groups in total. The van der Waals surface area contributed by atoms with Crippen molar-refractivity contribution in [2.24, 2.45) is 0 Å². The number of imide groups is 1. The average molecular weight is 429 g/mol. The maximum absolute atomic E-state index is 12.6. The smallest absolute Gasteiger partial charge is 0.289 e. The maximum Gasteiger partial charge on any atom is 0.289 e. The molecule has 2 aliphatic rings. The van der Waals surface area contributed by atoms with E-state index in [9.17, 15) is 9.59 Å². The predicted octanol–water partition coefficient (Wildman–Crippen LogP) is 3.58. The molecule has 0 aliphatic carbocycles. The fourth-order valence-electron chi connectivity index (χ4n) is 3.49. The first-order valence-corrected chi connectivity index (χ1v) is 11.8. The highest BCUT2D eigenvalue weighted by Gasteiger charge is 2.39. The number of benzene rings is 2. The molecule has 4 rings (SSSR count). The van der Waals surface area contributed by atoms with Crippen molar-refractivity contribution in [3.05, 3.63) is 65.7 Å². The van der Waals surface area contributed by atoms with Crippen LogP contribution in [0.1, 0.15) is 11.1 Å². The topological polar surface area (TPSA) is 58.6 Å². The predicted molar refractivity (Wildman–Crippen MR) is 119 cm³/mol. The highest BCUT2D eigenvalue weighted by atomic mass is 32.2. The molecule has 0 radical (unpaired) electrons. The van der Waals surface area contributed by atoms with Gasteiger partial charge in [0.05, 0.1) is 11.8 Å². The SMILES string of the molecule is O=C1SC(Cc2ccccc2)C(=O)N1CCOc1ccc(CC2CSCN2)cc1. The summed E-state index contributed by atoms with van der Waals surface area (Å²) < 4.78 is 5.77. The molecular formula is C22H24N2O3S2. The van der Waals surface area contributed by atoms with E-state index < -0.39 is 0 Å². The van der Waals surface area contributed by atoms with Gasteiger partial charge in [-0.3, -0.25) is 14.5 Å². The van der Waals surface area contributed by atoms with Crippen molar-refractivity contribution in [2.45, 2.75) is 24.1 Å². The van der Waals surface area contributed by atoms with Gasteiger partial charge in [0.1, 0.15) is 12.4 Å². The lowest BCUT2D eigenvalue weighted by molar-refractivity contribution is -0.126. The summed E-state index contributed by atoms with van der Waals surface area (Å²) in [5.41, 5.74) is 2.35. The minimum absolute atomic E-state index is 0.121. The van der Waals surface area contributed by atoms with Crippen LogP contribution in [-0.4, -0.2) is 52.1 Å². The van der Waals surface area contributed by atoms with E-state index >= 15 is 0 Å². The molecule has 2 atom stereocenters. The number of nitrogens with one attached hydrogen (secondary N) is 1. The Labute approximate surface area is 179 Å². The van der Waals surface area contributed by atoms with Gasteiger partial charge in [-0.15, -0.1) is 11.8 Å². The molecule has 2 amide bonds. The third kappa shape index (κ3) is 5.35. The first-order chi connectivity index (χ1) is 14.2. The molecule has 2 aromatic rings. The van der Waals surface area contributed by atoms with Crippen LogP contribution in [0.3, 0.4) is 0 Å². The maximum atomic E-state index is 12.6. The number of hydrogen-bond donors (Lipinski definition) is 1. The number of thioether (sulfide) groups is 2. The van der Waals surface area contributed by atoms with Crippen LogP contribution in [0.25, 0.3) is 0 Å². The van der Waals surface area contributed by atoms with E-state index in [1.54, 1.807) is 0 Å². The molecule has 2 saturated heterocycles. The lowest BCUT2D eigenvalue weighted by Crippen LogP contribution is -2.35. The van der Waals surface area contributed by atoms with Crippen molar-refractivity contribution in [3.63, 3.8) is 0 Å². The van der Waals surface area contributed by atoms with E-state index in [-0.39, 0.29) is 22.9 Å². The van der Waals surface area contributed by atoms with Crippen molar-refractivity contribution >= 4 is 34.7 Å². The van der Waals surface area contributed by atoms with Crippen LogP contribution in [0.15, 0.2) is 54.6 Å². The van der Waals surface area contributed by atoms with Crippen molar-refractivity contribution in [1.29, 1.82) is 0 Å². The van der Waals surface area contributed by atoms with Crippen molar-refractivity contribution in [3.8, 4) is 5.75 Å². The van der Waals surface area contributed by atoms with Crippen molar-refractivity contribution < 1.29 is 14.3 Å². The summed E-state index contributed by atoms with van der Waals surface area (Å²) in [4.78, 5) is 26.2. The molecule has 0 saturated carbocycles. The van der Waals surface area contributed by atoms with Gasteiger partial charge in [-0.2, -0.15) is 0 Å². The molecular weight excluding hydrogens is 404 g/mol. The Morgan fingerprint density at radius 1 is 1.00 bits per heavy atom. The molecule has 2 heterocycles. The second-order valence-corrected chi connectivity index (χ2v) is 9.35. The number of carbonyl (C=O) groups is 2. The molecule has 7 heteroatoms. The highest BCUT2D eigenvalue weighted by molar-refractivity contribution is 8.15. The summed E-state index contributed by atoms with van der Waals surface area (Å²) in [7, 11) is 0. The fourth-order valence-corrected chi connectivity index (χ4v) is 5.53. The lowest BCUT2D eigenvalue weighted by atomic mass is 10.1. The molecule has 0 bridgehead atoms. The second-order valence-electron chi connectivity index (χ2n) is 7.16. The van der Waals surface area contributed by atoms with Gasteiger partial charge < -0.3 is 10.1 Å². The summed E-state index contributed by atoms with van der Waals surface area (Å²) in [6.45, 7) is 0.581. The summed E-state index contributed by atoms with van der Waals surface area (Å²) in [5.74, 6) is 2.82. The Kier molecular flexibility index (Phi) is 6.79. The molecule has 5 nitrogen and oxygen atoms in total. The standard InChI is InChI=1S/C22H24N2O3S2/c25-21-20(13-16-4-2-1-3-5-16)29-22(26)24(21)10-11-27-19-8-6-17(7-9-19)12-18-14-28-15-23-18/h1-9,18,20,23H,10-15H2. The van der Waals surface area contributed by atoms with Gasteiger partial charge in [0, 0.05) is 17.7 Å². The fraction of sp³-hybridized carbons (Fsp3) is 0.364. The Morgan fingerprint density at radius 3 is 2.48 bits per heavy atom. The van der Waals surface area contributed by atoms with Gasteiger partial charge in [0.2, 0.25) is 5.91 Å². The third-order valence-corrected chi connectivity index (χ3v) is 7.13. The van der Waals surface area contributed by atoms with Crippen LogP contribution in [0.2, 0.25) is 0 Å². The van der Waals surface area contributed by atoms with Crippen LogP contribution in [0, 0.1) is 0 Å². The molecule has 2 aliphatic heterocycles. The van der Waals surface area contributed by atoms with Gasteiger partial charge in [0.15, 0.2) is 0 Å². The van der Waals surface area contributed by atoms with Gasteiger partial charge in [-0.1, -0.05) is 54.2 Å². The molecule has 0 spiro atoms. The number of nitrogens with zero attached hydrogens (tertiary/aromatic N) is 1. The van der Waals surface area contributed by atoms with E-state index in [1.165, 1.54) is 10.5 Å². The van der Waals surface area contributed by atoms with Crippen LogP contribution < -0.4 is 10.1 Å². The zero-order chi connectivity index (χ0) is 20.1. The summed E-state index contributed by atoms with van der Waals surface area (Å²) >= 11 is 3.05. The Hall–Kier alpha value is -1.96. The van der Waals surface area contributed by atoms with E-state index in [0.717, 1.165) is 41.1 Å². The number of amides is 2. The van der Waals surface area contributed by atoms with Gasteiger partial charge in [-0.25, -0.2) is 0 Å². The number of rotatable bonds is 8. The van der Waals surface area contributed by atoms with Gasteiger partial charge in [-0.05, 0) is 36.1 Å². The van der Waals surface area contributed by atoms with Gasteiger partial charge >= 0.3 is 0 Å². The first kappa shape index (κ1) is 20.3. The van der Waals surface area contributed by atoms with Crippen LogP contribution >= 0.6 is 23.5 Å². The number of hydrogen-bond acceptors (Lipinski definition) is 6. The van der Waals surface area contributed by atoms with Crippen molar-refractivity contribution in [2.75, 3.05) is 24.8 Å². The van der Waals surface area contributed by atoms with E-state index in [0.29, 0.717) is 19.1 Å². The highest BCUT2D eigenvalue weighted by Crippen LogP contribution is 2.29. The average Bonchev–Trinajstić information content (AvgIpc) is 3.33. The zero-order valence-electron chi connectivity index (χ0n) is 16.1. The quantitative estimate of drug-likeness (QED) is 0.694. The zero-order valence-corrected chi connectivity index (χ0v) is 17.7. The monoisotopic (exact) mass is 428 g/mol. The van der Waals surface area contributed by atoms with E-state index in [1.807, 2.05) is 54.2 Å². The Balaban J connectivity index is 1.24. The van der Waals surface area contributed by atoms with Crippen molar-refractivity contribution in [1.82, 2.24) is 10.2 Å². The molecule has 2 fully saturated rings. The summed E-state index contributed by atoms with van der Waals surface area (Å²) in [6, 6.07) is 18.4. The Bertz CT molecular complexity index is 839. The minimum Gasteiger partial charge on any atom is -0.492 e. The third-order valence-electron chi connectivity index (χ3n) is 5.05. The van der Waals surface area contributed by atoms with Crippen LogP contribution in [-0.2, 0) is 17.6 Å². The number of ether oxygens (including phenoxy) is 1. The lowest BCUT2D eigenvalue weighted by Gasteiger charge is -2.15. The largest absolute Gasteiger partial charge is 0.492 e. The molecule has 152 valence electrons.